The molecule has 3 amide bonds. The Morgan fingerprint density at radius 3 is 2.80 bits per heavy atom. The number of piperidine rings is 1. The maximum Gasteiger partial charge on any atom is 0.321 e. The molecule has 0 aliphatic carbocycles. The van der Waals surface area contributed by atoms with E-state index < -0.39 is 6.03 Å². The first-order chi connectivity index (χ1) is 4.72. The Labute approximate surface area is 59.0 Å². The lowest BCUT2D eigenvalue weighted by Crippen LogP contribution is -2.43. The smallest absolute Gasteiger partial charge is 0.321 e. The molecule has 1 aliphatic rings. The highest BCUT2D eigenvalue weighted by Gasteiger charge is 2.21. The number of amides is 3. The maximum absolute atomic E-state index is 10.8. The van der Waals surface area contributed by atoms with E-state index in [1.807, 2.05) is 0 Å². The van der Waals surface area contributed by atoms with Gasteiger partial charge >= 0.3 is 6.03 Å². The second kappa shape index (κ2) is 2.68. The number of hydrogen-bond donors (Lipinski definition) is 1. The Bertz CT molecular complexity index is 167. The number of carbonyl (C=O) groups excluding carboxylic acids is 2. The fourth-order valence-corrected chi connectivity index (χ4v) is 0.914. The molecule has 1 radical (unpaired) electrons. The van der Waals surface area contributed by atoms with Crippen molar-refractivity contribution in [3.8, 4) is 0 Å². The molecular formula is C6H9N2O2. The molecule has 55 valence electrons. The largest absolute Gasteiger partial charge is 0.351 e. The van der Waals surface area contributed by atoms with E-state index in [2.05, 4.69) is 0 Å². The van der Waals surface area contributed by atoms with Crippen LogP contribution < -0.4 is 5.73 Å². The van der Waals surface area contributed by atoms with Crippen LogP contribution in [0.1, 0.15) is 12.8 Å². The molecule has 4 nitrogen and oxygen atoms in total. The van der Waals surface area contributed by atoms with E-state index in [9.17, 15) is 9.59 Å². The van der Waals surface area contributed by atoms with Crippen LogP contribution in [0.5, 0.6) is 0 Å². The number of urea groups is 1. The van der Waals surface area contributed by atoms with E-state index in [4.69, 9.17) is 5.73 Å². The third kappa shape index (κ3) is 1.26. The zero-order chi connectivity index (χ0) is 7.56. The van der Waals surface area contributed by atoms with Crippen LogP contribution in [0.15, 0.2) is 0 Å². The molecule has 0 atom stereocenters. The number of rotatable bonds is 0. The van der Waals surface area contributed by atoms with Gasteiger partial charge in [-0.1, -0.05) is 0 Å². The summed E-state index contributed by atoms with van der Waals surface area (Å²) in [6, 6.07) is -0.652. The predicted octanol–water partition coefficient (Wildman–Crippen LogP) is -0.108. The lowest BCUT2D eigenvalue weighted by molar-refractivity contribution is -0.125. The number of likely N-dealkylation sites (tertiary alicyclic amines) is 1. The summed E-state index contributed by atoms with van der Waals surface area (Å²) in [5, 5.41) is 0. The summed E-state index contributed by atoms with van der Waals surface area (Å²) in [4.78, 5) is 22.3. The Morgan fingerprint density at radius 2 is 2.40 bits per heavy atom. The number of hydrogen-bond acceptors (Lipinski definition) is 2. The normalized spacial score (nSPS) is 19.2. The molecule has 0 aromatic carbocycles. The summed E-state index contributed by atoms with van der Waals surface area (Å²) in [5.74, 6) is -0.265. The minimum absolute atomic E-state index is 0.265. The SMILES string of the molecule is NC(=O)N1CCC[CH]C1=O. The average molecular weight is 141 g/mol. The van der Waals surface area contributed by atoms with E-state index in [0.29, 0.717) is 6.54 Å². The third-order valence-corrected chi connectivity index (χ3v) is 1.44. The van der Waals surface area contributed by atoms with Crippen molar-refractivity contribution in [3.05, 3.63) is 6.42 Å². The molecular weight excluding hydrogens is 132 g/mol. The maximum atomic E-state index is 10.8. The Kier molecular flexibility index (Phi) is 1.89. The average Bonchev–Trinajstić information content (AvgIpc) is 1.88. The van der Waals surface area contributed by atoms with Crippen LogP contribution >= 0.6 is 0 Å². The molecule has 1 rings (SSSR count). The number of imide groups is 1. The van der Waals surface area contributed by atoms with Crippen molar-refractivity contribution >= 4 is 11.9 Å². The minimum atomic E-state index is -0.652. The zero-order valence-corrected chi connectivity index (χ0v) is 5.54. The van der Waals surface area contributed by atoms with E-state index >= 15 is 0 Å². The highest BCUT2D eigenvalue weighted by molar-refractivity contribution is 5.98. The van der Waals surface area contributed by atoms with Gasteiger partial charge in [-0.2, -0.15) is 0 Å². The number of nitrogens with two attached hydrogens (primary N) is 1. The fourth-order valence-electron chi connectivity index (χ4n) is 0.914. The quantitative estimate of drug-likeness (QED) is 0.511. The second-order valence-corrected chi connectivity index (χ2v) is 2.17. The van der Waals surface area contributed by atoms with Gasteiger partial charge in [-0.25, -0.2) is 4.79 Å². The molecule has 0 spiro atoms. The fraction of sp³-hybridized carbons (Fsp3) is 0.500. The summed E-state index contributed by atoms with van der Waals surface area (Å²) in [6.07, 6.45) is 3.06. The van der Waals surface area contributed by atoms with Crippen LogP contribution in [-0.4, -0.2) is 23.4 Å². The summed E-state index contributed by atoms with van der Waals surface area (Å²) in [6.45, 7) is 0.463. The highest BCUT2D eigenvalue weighted by atomic mass is 16.2. The molecule has 2 N–H and O–H groups in total. The van der Waals surface area contributed by atoms with Crippen molar-refractivity contribution in [1.82, 2.24) is 4.90 Å². The van der Waals surface area contributed by atoms with Gasteiger partial charge in [0.25, 0.3) is 0 Å². The van der Waals surface area contributed by atoms with Crippen molar-refractivity contribution in [2.45, 2.75) is 12.8 Å². The van der Waals surface area contributed by atoms with Gasteiger partial charge < -0.3 is 5.73 Å². The van der Waals surface area contributed by atoms with Crippen LogP contribution in [0.25, 0.3) is 0 Å². The van der Waals surface area contributed by atoms with Crippen LogP contribution in [-0.2, 0) is 4.79 Å². The first kappa shape index (κ1) is 7.05. The highest BCUT2D eigenvalue weighted by Crippen LogP contribution is 2.08. The molecule has 0 aromatic heterocycles. The molecule has 4 heteroatoms. The van der Waals surface area contributed by atoms with Gasteiger partial charge in [-0.05, 0) is 12.8 Å². The Morgan fingerprint density at radius 1 is 1.70 bits per heavy atom. The van der Waals surface area contributed by atoms with E-state index in [1.165, 1.54) is 6.42 Å². The molecule has 0 bridgehead atoms. The Hall–Kier alpha value is -1.06. The van der Waals surface area contributed by atoms with Gasteiger partial charge in [0.05, 0.1) is 6.42 Å². The minimum Gasteiger partial charge on any atom is -0.351 e. The zero-order valence-electron chi connectivity index (χ0n) is 5.54. The lowest BCUT2D eigenvalue weighted by Gasteiger charge is -2.21. The number of nitrogens with zero attached hydrogens (tertiary/aromatic N) is 1. The number of primary amides is 1. The van der Waals surface area contributed by atoms with Gasteiger partial charge in [0.15, 0.2) is 0 Å². The van der Waals surface area contributed by atoms with Crippen molar-refractivity contribution in [2.75, 3.05) is 6.54 Å². The molecule has 0 saturated carbocycles. The van der Waals surface area contributed by atoms with Crippen molar-refractivity contribution in [3.63, 3.8) is 0 Å². The second-order valence-electron chi connectivity index (χ2n) is 2.17. The summed E-state index contributed by atoms with van der Waals surface area (Å²) >= 11 is 0. The van der Waals surface area contributed by atoms with Gasteiger partial charge in [-0.15, -0.1) is 0 Å². The first-order valence-electron chi connectivity index (χ1n) is 3.16. The lowest BCUT2D eigenvalue weighted by atomic mass is 10.1. The molecule has 0 unspecified atom stereocenters. The van der Waals surface area contributed by atoms with Gasteiger partial charge in [0.1, 0.15) is 0 Å². The van der Waals surface area contributed by atoms with E-state index in [-0.39, 0.29) is 5.91 Å². The summed E-state index contributed by atoms with van der Waals surface area (Å²) in [5.41, 5.74) is 4.90. The summed E-state index contributed by atoms with van der Waals surface area (Å²) in [7, 11) is 0. The topological polar surface area (TPSA) is 63.4 Å². The standard InChI is InChI=1S/C6H9N2O2/c7-6(10)8-4-2-1-3-5(8)9/h3H,1-2,4H2,(H2,7,10). The van der Waals surface area contributed by atoms with E-state index in [1.54, 1.807) is 0 Å². The predicted molar refractivity (Wildman–Crippen MR) is 34.8 cm³/mol. The van der Waals surface area contributed by atoms with Crippen LogP contribution in [0.3, 0.4) is 0 Å². The number of carbonyl (C=O) groups is 2. The Balaban J connectivity index is 2.56. The van der Waals surface area contributed by atoms with Crippen LogP contribution in [0.4, 0.5) is 4.79 Å². The molecule has 10 heavy (non-hydrogen) atoms. The molecule has 1 saturated heterocycles. The van der Waals surface area contributed by atoms with Gasteiger partial charge in [0, 0.05) is 6.54 Å². The molecule has 1 fully saturated rings. The van der Waals surface area contributed by atoms with Crippen molar-refractivity contribution in [2.24, 2.45) is 5.73 Å². The van der Waals surface area contributed by atoms with Gasteiger partial charge in [0.2, 0.25) is 5.91 Å². The molecule has 1 aliphatic heterocycles. The van der Waals surface area contributed by atoms with Crippen molar-refractivity contribution < 1.29 is 9.59 Å². The summed E-state index contributed by atoms with van der Waals surface area (Å²) < 4.78 is 0. The molecule has 0 aromatic rings. The molecule has 1 heterocycles. The van der Waals surface area contributed by atoms with Crippen LogP contribution in [0.2, 0.25) is 0 Å². The van der Waals surface area contributed by atoms with E-state index in [0.717, 1.165) is 17.7 Å². The third-order valence-electron chi connectivity index (χ3n) is 1.44. The van der Waals surface area contributed by atoms with Crippen LogP contribution in [0, 0.1) is 6.42 Å². The first-order valence-corrected chi connectivity index (χ1v) is 3.16. The van der Waals surface area contributed by atoms with Crippen molar-refractivity contribution in [1.29, 1.82) is 0 Å². The van der Waals surface area contributed by atoms with Gasteiger partial charge in [-0.3, -0.25) is 9.69 Å². The monoisotopic (exact) mass is 141 g/mol.